The summed E-state index contributed by atoms with van der Waals surface area (Å²) in [5.41, 5.74) is -1.48. The van der Waals surface area contributed by atoms with Crippen LogP contribution < -0.4 is 16.0 Å². The highest BCUT2D eigenvalue weighted by molar-refractivity contribution is 8.01. The van der Waals surface area contributed by atoms with Crippen molar-refractivity contribution in [2.24, 2.45) is 7.05 Å². The van der Waals surface area contributed by atoms with E-state index in [1.165, 1.54) is 52.7 Å². The molecular formula is C21H24N8O6S3. The van der Waals surface area contributed by atoms with Gasteiger partial charge in [-0.05, 0) is 27.4 Å². The van der Waals surface area contributed by atoms with Crippen molar-refractivity contribution in [3.05, 3.63) is 46.3 Å². The second kappa shape index (κ2) is 11.5. The van der Waals surface area contributed by atoms with E-state index >= 15 is 0 Å². The first-order valence-electron chi connectivity index (χ1n) is 11.0. The Morgan fingerprint density at radius 2 is 2.24 bits per heavy atom. The molecule has 0 spiro atoms. The summed E-state index contributed by atoms with van der Waals surface area (Å²) in [6.45, 7) is 3.73. The predicted molar refractivity (Wildman–Crippen MR) is 139 cm³/mol. The summed E-state index contributed by atoms with van der Waals surface area (Å²) in [4.78, 5) is 53.0. The van der Waals surface area contributed by atoms with Crippen LogP contribution >= 0.6 is 34.9 Å². The molecule has 4 rings (SSSR count). The average molecular weight is 581 g/mol. The van der Waals surface area contributed by atoms with E-state index in [4.69, 9.17) is 4.74 Å². The molecule has 2 aromatic rings. The molecule has 0 aromatic carbocycles. The quantitative estimate of drug-likeness (QED) is 0.124. The smallest absolute Gasteiger partial charge is 0.352 e. The van der Waals surface area contributed by atoms with E-state index in [2.05, 4.69) is 38.1 Å². The van der Waals surface area contributed by atoms with Gasteiger partial charge >= 0.3 is 12.0 Å². The summed E-state index contributed by atoms with van der Waals surface area (Å²) in [5.74, 6) is -2.18. The Hall–Kier alpha value is -3.41. The topological polar surface area (TPSA) is 181 Å². The molecule has 3 atom stereocenters. The van der Waals surface area contributed by atoms with Gasteiger partial charge in [-0.2, -0.15) is 0 Å². The van der Waals surface area contributed by atoms with Gasteiger partial charge in [0.05, 0.1) is 0 Å². The highest BCUT2D eigenvalue weighted by atomic mass is 32.2. The van der Waals surface area contributed by atoms with Gasteiger partial charge in [0.25, 0.3) is 17.5 Å². The number of thioether (sulfide) groups is 2. The van der Waals surface area contributed by atoms with Crippen LogP contribution in [0.4, 0.5) is 4.79 Å². The van der Waals surface area contributed by atoms with Gasteiger partial charge in [-0.15, -0.1) is 34.8 Å². The maximum Gasteiger partial charge on any atom is 0.352 e. The van der Waals surface area contributed by atoms with Crippen molar-refractivity contribution >= 4 is 58.7 Å². The summed E-state index contributed by atoms with van der Waals surface area (Å²) in [6, 6.07) is 1.68. The highest BCUT2D eigenvalue weighted by Gasteiger charge is 2.67. The number of aromatic nitrogens is 4. The average Bonchev–Trinajstić information content (AvgIpc) is 3.58. The summed E-state index contributed by atoms with van der Waals surface area (Å²) >= 11 is 3.75. The van der Waals surface area contributed by atoms with Crippen molar-refractivity contribution < 1.29 is 29.0 Å². The molecule has 14 nitrogen and oxygen atoms in total. The van der Waals surface area contributed by atoms with E-state index in [-0.39, 0.29) is 23.7 Å². The molecule has 4 N–H and O–H groups in total. The molecule has 2 unspecified atom stereocenters. The number of urea groups is 1. The first kappa shape index (κ1) is 27.6. The van der Waals surface area contributed by atoms with Crippen molar-refractivity contribution in [2.75, 3.05) is 25.2 Å². The van der Waals surface area contributed by atoms with E-state index in [9.17, 15) is 24.3 Å². The van der Waals surface area contributed by atoms with Gasteiger partial charge in [-0.1, -0.05) is 23.9 Å². The maximum atomic E-state index is 13.4. The second-order valence-electron chi connectivity index (χ2n) is 7.99. The van der Waals surface area contributed by atoms with Crippen LogP contribution in [0.2, 0.25) is 0 Å². The molecule has 1 saturated heterocycles. The molecule has 38 heavy (non-hydrogen) atoms. The van der Waals surface area contributed by atoms with Gasteiger partial charge in [0.15, 0.2) is 0 Å². The number of carbonyl (C=O) groups is 4. The molecule has 2 aromatic heterocycles. The lowest BCUT2D eigenvalue weighted by atomic mass is 9.97. The SMILES string of the molecule is C=CCNC(=O)NC(C(=O)N[C@@]1(OC)C(=O)N2C(C(=O)O)=C(CSc3nnnn3C)CSC21)c1cccs1. The minimum Gasteiger partial charge on any atom is -0.477 e. The lowest BCUT2D eigenvalue weighted by Crippen LogP contribution is -2.81. The number of ether oxygens (including phenoxy) is 1. The number of rotatable bonds is 11. The molecule has 1 fully saturated rings. The van der Waals surface area contributed by atoms with Crippen molar-refractivity contribution in [3.63, 3.8) is 0 Å². The first-order valence-corrected chi connectivity index (χ1v) is 14.0. The van der Waals surface area contributed by atoms with E-state index in [0.29, 0.717) is 15.6 Å². The summed E-state index contributed by atoms with van der Waals surface area (Å²) < 4.78 is 6.99. The molecule has 4 amide bonds. The molecule has 0 bridgehead atoms. The third-order valence-corrected chi connectivity index (χ3v) is 9.08. The van der Waals surface area contributed by atoms with Crippen molar-refractivity contribution in [2.45, 2.75) is 22.3 Å². The normalized spacial score (nSPS) is 21.3. The van der Waals surface area contributed by atoms with Crippen LogP contribution in [-0.4, -0.2) is 90.3 Å². The first-order chi connectivity index (χ1) is 18.2. The number of tetrazole rings is 1. The van der Waals surface area contributed by atoms with Crippen LogP contribution in [0.25, 0.3) is 0 Å². The van der Waals surface area contributed by atoms with Crippen LogP contribution in [0.1, 0.15) is 10.9 Å². The van der Waals surface area contributed by atoms with Crippen LogP contribution in [-0.2, 0) is 26.2 Å². The zero-order valence-electron chi connectivity index (χ0n) is 20.2. The lowest BCUT2D eigenvalue weighted by molar-refractivity contribution is -0.192. The summed E-state index contributed by atoms with van der Waals surface area (Å²) in [7, 11) is 2.92. The van der Waals surface area contributed by atoms with Crippen LogP contribution in [0, 0.1) is 0 Å². The number of hydrogen-bond donors (Lipinski definition) is 4. The molecule has 202 valence electrons. The van der Waals surface area contributed by atoms with Crippen molar-refractivity contribution in [1.82, 2.24) is 41.1 Å². The number of carboxylic acids is 1. The van der Waals surface area contributed by atoms with E-state index in [1.54, 1.807) is 24.6 Å². The fourth-order valence-corrected chi connectivity index (χ4v) is 7.07. The highest BCUT2D eigenvalue weighted by Crippen LogP contribution is 2.47. The van der Waals surface area contributed by atoms with Crippen LogP contribution in [0.3, 0.4) is 0 Å². The number of hydrogen-bond acceptors (Lipinski definition) is 11. The Kier molecular flexibility index (Phi) is 8.39. The number of thiophene rings is 1. The van der Waals surface area contributed by atoms with Crippen LogP contribution in [0.15, 0.2) is 46.6 Å². The number of carboxylic acid groups (broad SMARTS) is 1. The van der Waals surface area contributed by atoms with Gasteiger partial charge in [-0.25, -0.2) is 14.3 Å². The molecule has 0 radical (unpaired) electrons. The molecule has 2 aliphatic rings. The zero-order valence-corrected chi connectivity index (χ0v) is 22.7. The third kappa shape index (κ3) is 5.13. The summed E-state index contributed by atoms with van der Waals surface area (Å²) in [5, 5.41) is 30.3. The number of aryl methyl sites for hydroxylation is 1. The Balaban J connectivity index is 1.55. The van der Waals surface area contributed by atoms with Crippen molar-refractivity contribution in [1.29, 1.82) is 0 Å². The number of nitrogens with zero attached hydrogens (tertiary/aromatic N) is 5. The van der Waals surface area contributed by atoms with Gasteiger partial charge in [0.2, 0.25) is 5.16 Å². The largest absolute Gasteiger partial charge is 0.477 e. The summed E-state index contributed by atoms with van der Waals surface area (Å²) in [6.07, 6.45) is 1.49. The Bertz CT molecular complexity index is 1280. The van der Waals surface area contributed by atoms with E-state index in [1.807, 2.05) is 0 Å². The number of amides is 4. The lowest BCUT2D eigenvalue weighted by Gasteiger charge is -2.56. The molecule has 0 aliphatic carbocycles. The molecular weight excluding hydrogens is 556 g/mol. The van der Waals surface area contributed by atoms with Gasteiger partial charge < -0.3 is 25.8 Å². The maximum absolute atomic E-state index is 13.4. The van der Waals surface area contributed by atoms with Crippen molar-refractivity contribution in [3.8, 4) is 0 Å². The Labute approximate surface area is 229 Å². The van der Waals surface area contributed by atoms with Gasteiger partial charge in [-0.3, -0.25) is 14.5 Å². The monoisotopic (exact) mass is 580 g/mol. The standard InChI is InChI=1S/C21H24N8O6S3/c1-4-7-22-19(34)23-13(12-6-5-8-36-12)15(30)24-21(35-3)17(33)29-14(16(31)32)11(9-37-18(21)29)10-38-20-25-26-27-28(20)2/h4-6,8,13,18H,1,7,9-10H2,2-3H3,(H,24,30)(H,31,32)(H2,22,23,34)/t13?,18?,21-/m1/s1. The molecule has 2 aliphatic heterocycles. The van der Waals surface area contributed by atoms with Gasteiger partial charge in [0, 0.05) is 37.1 Å². The molecule has 0 saturated carbocycles. The number of aliphatic carboxylic acids is 1. The fourth-order valence-electron chi connectivity index (χ4n) is 3.87. The number of carbonyl (C=O) groups excluding carboxylic acids is 3. The van der Waals surface area contributed by atoms with Gasteiger partial charge in [0.1, 0.15) is 17.1 Å². The number of nitrogens with one attached hydrogen (secondary N) is 3. The number of β-lactam (4-membered cyclic amide) rings is 1. The number of methoxy groups -OCH3 is 1. The Morgan fingerprint density at radius 3 is 2.84 bits per heavy atom. The predicted octanol–water partition coefficient (Wildman–Crippen LogP) is 0.303. The second-order valence-corrected chi connectivity index (χ2v) is 11.0. The van der Waals surface area contributed by atoms with E-state index in [0.717, 1.165) is 4.90 Å². The minimum atomic E-state index is -1.82. The number of fused-ring (bicyclic) bond motifs is 1. The minimum absolute atomic E-state index is 0.167. The third-order valence-electron chi connectivity index (χ3n) is 5.67. The van der Waals surface area contributed by atoms with E-state index < -0.39 is 41.0 Å². The zero-order chi connectivity index (χ0) is 27.4. The molecule has 4 heterocycles. The fraction of sp³-hybridized carbons (Fsp3) is 0.381. The molecule has 17 heteroatoms. The van der Waals surface area contributed by atoms with Crippen LogP contribution in [0.5, 0.6) is 0 Å². The Morgan fingerprint density at radius 1 is 1.45 bits per heavy atom.